The van der Waals surface area contributed by atoms with Crippen LogP contribution in [0.5, 0.6) is 0 Å². The minimum atomic E-state index is -1.15. The molecule has 0 radical (unpaired) electrons. The summed E-state index contributed by atoms with van der Waals surface area (Å²) in [6, 6.07) is 0. The zero-order valence-electron chi connectivity index (χ0n) is 9.44. The maximum absolute atomic E-state index is 11.0. The van der Waals surface area contributed by atoms with Crippen LogP contribution in [0.2, 0.25) is 5.02 Å². The number of methoxy groups -OCH3 is 1. The molecule has 0 aromatic carbocycles. The fraction of sp³-hybridized carbons (Fsp3) is 0.545. The van der Waals surface area contributed by atoms with E-state index in [0.29, 0.717) is 5.82 Å². The van der Waals surface area contributed by atoms with Gasteiger partial charge in [0.2, 0.25) is 0 Å². The van der Waals surface area contributed by atoms with E-state index in [1.165, 1.54) is 6.20 Å². The number of halogens is 1. The third kappa shape index (κ3) is 2.12. The second-order valence-electron chi connectivity index (χ2n) is 4.10. The molecule has 1 aliphatic rings. The molecule has 0 amide bonds. The normalized spacial score (nSPS) is 18.2. The Morgan fingerprint density at radius 2 is 2.18 bits per heavy atom. The Balaban J connectivity index is 2.45. The molecule has 1 aromatic rings. The van der Waals surface area contributed by atoms with Crippen molar-refractivity contribution in [2.75, 3.05) is 7.11 Å². The van der Waals surface area contributed by atoms with Gasteiger partial charge in [-0.3, -0.25) is 0 Å². The minimum Gasteiger partial charge on any atom is -0.476 e. The first-order valence-electron chi connectivity index (χ1n) is 5.40. The van der Waals surface area contributed by atoms with E-state index in [2.05, 4.69) is 9.97 Å². The lowest BCUT2D eigenvalue weighted by Gasteiger charge is -2.25. The van der Waals surface area contributed by atoms with Crippen molar-refractivity contribution in [1.82, 2.24) is 9.97 Å². The molecule has 1 N–H and O–H groups in total. The fourth-order valence-electron chi connectivity index (χ4n) is 2.20. The van der Waals surface area contributed by atoms with E-state index in [4.69, 9.17) is 21.4 Å². The summed E-state index contributed by atoms with van der Waals surface area (Å²) < 4.78 is 5.50. The lowest BCUT2D eigenvalue weighted by Crippen LogP contribution is -2.28. The number of nitrogens with zero attached hydrogens (tertiary/aromatic N) is 2. The third-order valence-electron chi connectivity index (χ3n) is 3.16. The summed E-state index contributed by atoms with van der Waals surface area (Å²) in [6.07, 6.45) is 5.01. The topological polar surface area (TPSA) is 72.3 Å². The van der Waals surface area contributed by atoms with Crippen LogP contribution in [-0.4, -0.2) is 28.2 Å². The van der Waals surface area contributed by atoms with Crippen molar-refractivity contribution in [3.63, 3.8) is 0 Å². The van der Waals surface area contributed by atoms with E-state index in [9.17, 15) is 4.79 Å². The highest BCUT2D eigenvalue weighted by molar-refractivity contribution is 6.33. The molecule has 2 rings (SSSR count). The van der Waals surface area contributed by atoms with Gasteiger partial charge in [-0.1, -0.05) is 11.6 Å². The highest BCUT2D eigenvalue weighted by Crippen LogP contribution is 2.40. The molecule has 1 heterocycles. The van der Waals surface area contributed by atoms with Crippen LogP contribution in [-0.2, 0) is 10.3 Å². The van der Waals surface area contributed by atoms with Gasteiger partial charge < -0.3 is 9.84 Å². The van der Waals surface area contributed by atoms with Crippen LogP contribution in [0.1, 0.15) is 42.0 Å². The zero-order valence-corrected chi connectivity index (χ0v) is 10.2. The van der Waals surface area contributed by atoms with E-state index >= 15 is 0 Å². The molecular formula is C11H13ClN2O3. The zero-order chi connectivity index (χ0) is 12.5. The number of aromatic carboxylic acids is 1. The highest BCUT2D eigenvalue weighted by atomic mass is 35.5. The third-order valence-corrected chi connectivity index (χ3v) is 3.43. The molecule has 0 aliphatic heterocycles. The van der Waals surface area contributed by atoms with Gasteiger partial charge in [0.15, 0.2) is 11.5 Å². The second-order valence-corrected chi connectivity index (χ2v) is 4.51. The Bertz CT molecular complexity index is 444. The average molecular weight is 257 g/mol. The first-order chi connectivity index (χ1) is 8.09. The van der Waals surface area contributed by atoms with Crippen molar-refractivity contribution >= 4 is 17.6 Å². The number of hydrogen-bond acceptors (Lipinski definition) is 4. The first-order valence-corrected chi connectivity index (χ1v) is 5.78. The van der Waals surface area contributed by atoms with Crippen molar-refractivity contribution in [1.29, 1.82) is 0 Å². The summed E-state index contributed by atoms with van der Waals surface area (Å²) in [5.41, 5.74) is -0.714. The summed E-state index contributed by atoms with van der Waals surface area (Å²) in [5, 5.41) is 9.02. The van der Waals surface area contributed by atoms with Crippen LogP contribution in [0.3, 0.4) is 0 Å². The number of ether oxygens (including phenoxy) is 1. The van der Waals surface area contributed by atoms with Crippen molar-refractivity contribution < 1.29 is 14.6 Å². The quantitative estimate of drug-likeness (QED) is 0.898. The van der Waals surface area contributed by atoms with Crippen molar-refractivity contribution in [3.8, 4) is 0 Å². The largest absolute Gasteiger partial charge is 0.476 e. The van der Waals surface area contributed by atoms with E-state index < -0.39 is 11.6 Å². The number of carboxylic acid groups (broad SMARTS) is 1. The number of hydrogen-bond donors (Lipinski definition) is 1. The van der Waals surface area contributed by atoms with Gasteiger partial charge in [-0.15, -0.1) is 0 Å². The van der Waals surface area contributed by atoms with Crippen LogP contribution in [0.15, 0.2) is 6.20 Å². The van der Waals surface area contributed by atoms with Gasteiger partial charge in [0.1, 0.15) is 5.60 Å². The average Bonchev–Trinajstić information content (AvgIpc) is 2.79. The van der Waals surface area contributed by atoms with Crippen LogP contribution in [0.25, 0.3) is 0 Å². The molecule has 1 fully saturated rings. The summed E-state index contributed by atoms with van der Waals surface area (Å²) in [4.78, 5) is 19.1. The lowest BCUT2D eigenvalue weighted by molar-refractivity contribution is -0.0164. The van der Waals surface area contributed by atoms with Crippen molar-refractivity contribution in [2.24, 2.45) is 0 Å². The highest BCUT2D eigenvalue weighted by Gasteiger charge is 2.39. The van der Waals surface area contributed by atoms with E-state index in [1.54, 1.807) is 7.11 Å². The monoisotopic (exact) mass is 256 g/mol. The number of carboxylic acids is 1. The first kappa shape index (κ1) is 12.3. The summed E-state index contributed by atoms with van der Waals surface area (Å²) in [6.45, 7) is 0. The number of rotatable bonds is 3. The van der Waals surface area contributed by atoms with Gasteiger partial charge in [0, 0.05) is 7.11 Å². The Labute approximate surface area is 104 Å². The number of carbonyl (C=O) groups is 1. The van der Waals surface area contributed by atoms with Gasteiger partial charge in [0.25, 0.3) is 0 Å². The predicted octanol–water partition coefficient (Wildman–Crippen LogP) is 2.24. The van der Waals surface area contributed by atoms with Gasteiger partial charge in [-0.2, -0.15) is 0 Å². The molecule has 0 saturated heterocycles. The Morgan fingerprint density at radius 1 is 1.53 bits per heavy atom. The van der Waals surface area contributed by atoms with E-state index in [1.807, 2.05) is 0 Å². The lowest BCUT2D eigenvalue weighted by atomic mass is 10.0. The Hall–Kier alpha value is -1.20. The Morgan fingerprint density at radius 3 is 2.71 bits per heavy atom. The van der Waals surface area contributed by atoms with Crippen LogP contribution in [0, 0.1) is 0 Å². The molecular weight excluding hydrogens is 244 g/mol. The van der Waals surface area contributed by atoms with Gasteiger partial charge >= 0.3 is 5.97 Å². The van der Waals surface area contributed by atoms with E-state index in [-0.39, 0.29) is 10.7 Å². The summed E-state index contributed by atoms with van der Waals surface area (Å²) >= 11 is 5.74. The predicted molar refractivity (Wildman–Crippen MR) is 61.2 cm³/mol. The van der Waals surface area contributed by atoms with Crippen molar-refractivity contribution in [3.05, 3.63) is 22.7 Å². The maximum atomic E-state index is 11.0. The molecule has 0 bridgehead atoms. The SMILES string of the molecule is COC1(c2ncc(Cl)c(C(=O)O)n2)CCCC1. The number of aromatic nitrogens is 2. The molecule has 0 unspecified atom stereocenters. The molecule has 1 aliphatic carbocycles. The Kier molecular flexibility index (Phi) is 3.31. The maximum Gasteiger partial charge on any atom is 0.356 e. The summed E-state index contributed by atoms with van der Waals surface area (Å²) in [7, 11) is 1.60. The van der Waals surface area contributed by atoms with Crippen LogP contribution < -0.4 is 0 Å². The molecule has 6 heteroatoms. The van der Waals surface area contributed by atoms with Crippen LogP contribution in [0.4, 0.5) is 0 Å². The standard InChI is InChI=1S/C11H13ClN2O3/c1-17-11(4-2-3-5-11)10-13-6-7(12)8(14-10)9(15)16/h6H,2-5H2,1H3,(H,15,16). The molecule has 0 spiro atoms. The van der Waals surface area contributed by atoms with E-state index in [0.717, 1.165) is 25.7 Å². The molecule has 1 aromatic heterocycles. The van der Waals surface area contributed by atoms with Gasteiger partial charge in [-0.05, 0) is 25.7 Å². The van der Waals surface area contributed by atoms with Gasteiger partial charge in [0.05, 0.1) is 11.2 Å². The molecule has 5 nitrogen and oxygen atoms in total. The molecule has 17 heavy (non-hydrogen) atoms. The molecule has 0 atom stereocenters. The fourth-order valence-corrected chi connectivity index (χ4v) is 2.37. The summed E-state index contributed by atoms with van der Waals surface area (Å²) in [5.74, 6) is -0.734. The van der Waals surface area contributed by atoms with Gasteiger partial charge in [-0.25, -0.2) is 14.8 Å². The second kappa shape index (κ2) is 4.58. The van der Waals surface area contributed by atoms with Crippen LogP contribution >= 0.6 is 11.6 Å². The van der Waals surface area contributed by atoms with Crippen molar-refractivity contribution in [2.45, 2.75) is 31.3 Å². The molecule has 92 valence electrons. The molecule has 1 saturated carbocycles. The smallest absolute Gasteiger partial charge is 0.356 e. The minimum absolute atomic E-state index is 0.0468.